The molecule has 1 amide bonds. The Balaban J connectivity index is 0.00000131. The number of carbonyl (C=O) groups is 1. The molecule has 0 saturated heterocycles. The smallest absolute Gasteiger partial charge is 0.224 e. The van der Waals surface area contributed by atoms with E-state index in [1.807, 2.05) is 48.5 Å². The molecule has 5 nitrogen and oxygen atoms in total. The molecular formula is C20H24Cl2N4O. The van der Waals surface area contributed by atoms with Crippen LogP contribution in [0.5, 0.6) is 0 Å². The Hall–Kier alpha value is -2.08. The van der Waals surface area contributed by atoms with Crippen molar-refractivity contribution in [2.45, 2.75) is 31.7 Å². The third-order valence-corrected chi connectivity index (χ3v) is 5.00. The quantitative estimate of drug-likeness (QED) is 0.594. The molecule has 2 aromatic carbocycles. The number of H-pyrrole nitrogens is 1. The lowest BCUT2D eigenvalue weighted by molar-refractivity contribution is -0.117. The average Bonchev–Trinajstić information content (AvgIpc) is 3.22. The van der Waals surface area contributed by atoms with Crippen LogP contribution in [-0.4, -0.2) is 21.9 Å². The molecule has 0 unspecified atom stereocenters. The van der Waals surface area contributed by atoms with E-state index in [1.54, 1.807) is 0 Å². The molecule has 144 valence electrons. The number of aromatic nitrogens is 2. The maximum absolute atomic E-state index is 12.2. The highest BCUT2D eigenvalue weighted by molar-refractivity contribution is 5.91. The van der Waals surface area contributed by atoms with Crippen molar-refractivity contribution in [3.63, 3.8) is 0 Å². The zero-order valence-corrected chi connectivity index (χ0v) is 16.5. The molecule has 0 radical (unpaired) electrons. The Morgan fingerprint density at radius 2 is 1.85 bits per heavy atom. The van der Waals surface area contributed by atoms with Crippen LogP contribution in [0.2, 0.25) is 0 Å². The van der Waals surface area contributed by atoms with Crippen LogP contribution in [0.25, 0.3) is 22.4 Å². The van der Waals surface area contributed by atoms with E-state index in [4.69, 9.17) is 5.73 Å². The van der Waals surface area contributed by atoms with Crippen LogP contribution in [0.3, 0.4) is 0 Å². The molecular weight excluding hydrogens is 383 g/mol. The maximum Gasteiger partial charge on any atom is 0.224 e. The summed E-state index contributed by atoms with van der Waals surface area (Å²) in [5.74, 6) is 1.18. The predicted molar refractivity (Wildman–Crippen MR) is 115 cm³/mol. The van der Waals surface area contributed by atoms with Crippen molar-refractivity contribution < 1.29 is 4.79 Å². The monoisotopic (exact) mass is 406 g/mol. The molecule has 1 fully saturated rings. The Morgan fingerprint density at radius 1 is 1.11 bits per heavy atom. The molecule has 0 bridgehead atoms. The molecule has 1 aliphatic rings. The van der Waals surface area contributed by atoms with E-state index < -0.39 is 0 Å². The molecule has 0 spiro atoms. The number of benzene rings is 2. The van der Waals surface area contributed by atoms with Gasteiger partial charge in [-0.25, -0.2) is 4.98 Å². The van der Waals surface area contributed by atoms with Crippen molar-refractivity contribution in [2.24, 2.45) is 11.7 Å². The van der Waals surface area contributed by atoms with Gasteiger partial charge in [-0.3, -0.25) is 4.79 Å². The van der Waals surface area contributed by atoms with Crippen molar-refractivity contribution in [1.82, 2.24) is 9.97 Å². The van der Waals surface area contributed by atoms with E-state index in [9.17, 15) is 4.79 Å². The molecule has 27 heavy (non-hydrogen) atoms. The molecule has 4 N–H and O–H groups in total. The van der Waals surface area contributed by atoms with E-state index in [0.29, 0.717) is 12.3 Å². The molecule has 1 heterocycles. The van der Waals surface area contributed by atoms with Crippen molar-refractivity contribution in [3.8, 4) is 11.4 Å². The number of anilines is 1. The molecule has 2 atom stereocenters. The van der Waals surface area contributed by atoms with Crippen molar-refractivity contribution in [2.75, 3.05) is 5.32 Å². The molecule has 0 aliphatic heterocycles. The SMILES string of the molecule is Cl.Cl.N[C@@H]1CCC[C@H]1CC(=O)Nc1ccc(-c2nc3ccccc3[nH]2)cc1. The van der Waals surface area contributed by atoms with Crippen LogP contribution in [0.4, 0.5) is 5.69 Å². The second kappa shape index (κ2) is 9.22. The zero-order valence-electron chi connectivity index (χ0n) is 14.9. The van der Waals surface area contributed by atoms with Crippen molar-refractivity contribution in [1.29, 1.82) is 0 Å². The maximum atomic E-state index is 12.2. The van der Waals surface area contributed by atoms with Gasteiger partial charge < -0.3 is 16.0 Å². The number of nitrogens with one attached hydrogen (secondary N) is 2. The molecule has 1 saturated carbocycles. The highest BCUT2D eigenvalue weighted by atomic mass is 35.5. The Kier molecular flexibility index (Phi) is 7.25. The first-order chi connectivity index (χ1) is 12.2. The number of imidazole rings is 1. The van der Waals surface area contributed by atoms with Crippen LogP contribution in [0.15, 0.2) is 48.5 Å². The van der Waals surface area contributed by atoms with Gasteiger partial charge in [-0.2, -0.15) is 0 Å². The topological polar surface area (TPSA) is 83.8 Å². The summed E-state index contributed by atoms with van der Waals surface area (Å²) in [7, 11) is 0. The number of carbonyl (C=O) groups excluding carboxylic acids is 1. The van der Waals surface area contributed by atoms with Crippen molar-refractivity contribution in [3.05, 3.63) is 48.5 Å². The third kappa shape index (κ3) is 4.80. The number of aromatic amines is 1. The van der Waals surface area contributed by atoms with Gasteiger partial charge in [0.1, 0.15) is 5.82 Å². The fourth-order valence-corrected chi connectivity index (χ4v) is 3.57. The Morgan fingerprint density at radius 3 is 2.52 bits per heavy atom. The number of para-hydroxylation sites is 2. The van der Waals surface area contributed by atoms with Gasteiger partial charge >= 0.3 is 0 Å². The van der Waals surface area contributed by atoms with Crippen molar-refractivity contribution >= 4 is 47.4 Å². The van der Waals surface area contributed by atoms with Crippen LogP contribution < -0.4 is 11.1 Å². The lowest BCUT2D eigenvalue weighted by Crippen LogP contribution is -2.28. The van der Waals surface area contributed by atoms with E-state index in [0.717, 1.165) is 47.4 Å². The number of hydrogen-bond acceptors (Lipinski definition) is 3. The standard InChI is InChI=1S/C20H22N4O.2ClH/c21-16-5-3-4-14(16)12-19(25)22-15-10-8-13(9-11-15)20-23-17-6-1-2-7-18(17)24-20;;/h1-2,6-11,14,16H,3-5,12,21H2,(H,22,25)(H,23,24);2*1H/t14-,16+;;/m0../s1. The fourth-order valence-electron chi connectivity index (χ4n) is 3.57. The third-order valence-electron chi connectivity index (χ3n) is 5.00. The van der Waals surface area contributed by atoms with Gasteiger partial charge in [0.15, 0.2) is 0 Å². The number of nitrogens with two attached hydrogens (primary N) is 1. The number of rotatable bonds is 4. The van der Waals surface area contributed by atoms with Gasteiger partial charge in [0.05, 0.1) is 11.0 Å². The van der Waals surface area contributed by atoms with Crippen LogP contribution in [-0.2, 0) is 4.79 Å². The van der Waals surface area contributed by atoms with Crippen LogP contribution in [0, 0.1) is 5.92 Å². The van der Waals surface area contributed by atoms with Gasteiger partial charge in [0.25, 0.3) is 0 Å². The molecule has 4 rings (SSSR count). The fraction of sp³-hybridized carbons (Fsp3) is 0.300. The van der Waals surface area contributed by atoms with E-state index in [-0.39, 0.29) is 36.8 Å². The van der Waals surface area contributed by atoms with E-state index in [2.05, 4.69) is 15.3 Å². The second-order valence-electron chi connectivity index (χ2n) is 6.79. The average molecular weight is 407 g/mol. The van der Waals surface area contributed by atoms with Gasteiger partial charge in [0.2, 0.25) is 5.91 Å². The minimum Gasteiger partial charge on any atom is -0.338 e. The predicted octanol–water partition coefficient (Wildman–Crippen LogP) is 4.53. The van der Waals surface area contributed by atoms with E-state index in [1.165, 1.54) is 0 Å². The van der Waals surface area contributed by atoms with Gasteiger partial charge in [-0.15, -0.1) is 24.8 Å². The summed E-state index contributed by atoms with van der Waals surface area (Å²) in [6.45, 7) is 0. The summed E-state index contributed by atoms with van der Waals surface area (Å²) >= 11 is 0. The molecule has 3 aromatic rings. The van der Waals surface area contributed by atoms with Gasteiger partial charge in [-0.05, 0) is 55.2 Å². The minimum absolute atomic E-state index is 0. The molecule has 1 aliphatic carbocycles. The van der Waals surface area contributed by atoms with E-state index >= 15 is 0 Å². The molecule has 7 heteroatoms. The number of halogens is 2. The normalized spacial score (nSPS) is 18.6. The zero-order chi connectivity index (χ0) is 17.2. The van der Waals surface area contributed by atoms with Gasteiger partial charge in [0, 0.05) is 23.7 Å². The number of fused-ring (bicyclic) bond motifs is 1. The highest BCUT2D eigenvalue weighted by Crippen LogP contribution is 2.27. The highest BCUT2D eigenvalue weighted by Gasteiger charge is 2.25. The summed E-state index contributed by atoms with van der Waals surface area (Å²) < 4.78 is 0. The minimum atomic E-state index is 0. The van der Waals surface area contributed by atoms with Gasteiger partial charge in [-0.1, -0.05) is 18.6 Å². The summed E-state index contributed by atoms with van der Waals surface area (Å²) in [4.78, 5) is 20.1. The van der Waals surface area contributed by atoms with Crippen LogP contribution in [0.1, 0.15) is 25.7 Å². The lowest BCUT2D eigenvalue weighted by Gasteiger charge is -2.14. The number of nitrogens with zero attached hydrogens (tertiary/aromatic N) is 1. The number of hydrogen-bond donors (Lipinski definition) is 3. The summed E-state index contributed by atoms with van der Waals surface area (Å²) in [5.41, 5.74) is 9.80. The first-order valence-electron chi connectivity index (χ1n) is 8.80. The molecule has 1 aromatic heterocycles. The summed E-state index contributed by atoms with van der Waals surface area (Å²) in [5, 5.41) is 2.97. The largest absolute Gasteiger partial charge is 0.338 e. The first-order valence-corrected chi connectivity index (χ1v) is 8.80. The second-order valence-corrected chi connectivity index (χ2v) is 6.79. The summed E-state index contributed by atoms with van der Waals surface area (Å²) in [6, 6.07) is 15.9. The first kappa shape index (κ1) is 21.2. The van der Waals surface area contributed by atoms with Crippen LogP contribution >= 0.6 is 24.8 Å². The Bertz CT molecular complexity index is 861. The summed E-state index contributed by atoms with van der Waals surface area (Å²) in [6.07, 6.45) is 3.72. The Labute approximate surface area is 171 Å². The lowest BCUT2D eigenvalue weighted by atomic mass is 10.00. The number of amides is 1.